The molecule has 1 saturated carbocycles. The Balaban J connectivity index is 0.000000664. The first-order chi connectivity index (χ1) is 22.6. The zero-order valence-corrected chi connectivity index (χ0v) is 29.0. The maximum Gasteiger partial charge on any atom is 0.200 e. The fourth-order valence-corrected chi connectivity index (χ4v) is 5.45. The van der Waals surface area contributed by atoms with Crippen LogP contribution in [0.25, 0.3) is 22.1 Å². The highest BCUT2D eigenvalue weighted by molar-refractivity contribution is 6.04. The van der Waals surface area contributed by atoms with E-state index in [1.807, 2.05) is 38.7 Å². The van der Waals surface area contributed by atoms with Crippen molar-refractivity contribution in [3.63, 3.8) is 0 Å². The summed E-state index contributed by atoms with van der Waals surface area (Å²) in [7, 11) is 0. The van der Waals surface area contributed by atoms with Crippen LogP contribution in [0.3, 0.4) is 0 Å². The molecule has 2 aliphatic rings. The lowest BCUT2D eigenvalue weighted by molar-refractivity contribution is -0.113. The van der Waals surface area contributed by atoms with E-state index in [2.05, 4.69) is 23.8 Å². The largest absolute Gasteiger partial charge is 0.440 e. The highest BCUT2D eigenvalue weighted by Gasteiger charge is 2.18. The van der Waals surface area contributed by atoms with Crippen LogP contribution in [0.15, 0.2) is 92.4 Å². The minimum Gasteiger partial charge on any atom is -0.440 e. The van der Waals surface area contributed by atoms with Gasteiger partial charge in [0, 0.05) is 41.7 Å². The van der Waals surface area contributed by atoms with E-state index < -0.39 is 5.82 Å². The number of hydrogen-bond donors (Lipinski definition) is 1. The van der Waals surface area contributed by atoms with Crippen molar-refractivity contribution in [2.75, 3.05) is 36.5 Å². The van der Waals surface area contributed by atoms with E-state index in [-0.39, 0.29) is 11.2 Å². The number of halogens is 1. The van der Waals surface area contributed by atoms with E-state index in [4.69, 9.17) is 9.15 Å². The zero-order chi connectivity index (χ0) is 34.5. The van der Waals surface area contributed by atoms with E-state index in [1.165, 1.54) is 44.7 Å². The van der Waals surface area contributed by atoms with E-state index >= 15 is 4.39 Å². The monoisotopic (exact) mass is 643 g/mol. The Morgan fingerprint density at radius 2 is 1.72 bits per heavy atom. The number of carbonyl (C=O) groups excluding carboxylic acids is 1. The number of allylic oxidation sites excluding steroid dienone is 4. The van der Waals surface area contributed by atoms with Crippen molar-refractivity contribution in [2.45, 2.75) is 74.1 Å². The number of Topliss-reactive ketones (excluding diaryl/α,β-unsaturated/α-hetero) is 1. The molecule has 1 aliphatic carbocycles. The summed E-state index contributed by atoms with van der Waals surface area (Å²) in [6.07, 6.45) is 9.58. The molecule has 0 radical (unpaired) electrons. The predicted octanol–water partition coefficient (Wildman–Crippen LogP) is 9.48. The molecule has 1 aliphatic heterocycles. The normalized spacial score (nSPS) is 15.8. The number of rotatable bonds is 8. The molecule has 0 bridgehead atoms. The van der Waals surface area contributed by atoms with Crippen LogP contribution < -0.4 is 15.6 Å². The summed E-state index contributed by atoms with van der Waals surface area (Å²) in [5.74, 6) is 1.30. The number of nitrogens with one attached hydrogen (secondary N) is 1. The van der Waals surface area contributed by atoms with Gasteiger partial charge in [-0.3, -0.25) is 9.59 Å². The molecular formula is C39H50FN3O4. The van der Waals surface area contributed by atoms with Gasteiger partial charge in [-0.2, -0.15) is 0 Å². The number of hydrogen-bond acceptors (Lipinski definition) is 7. The van der Waals surface area contributed by atoms with Crippen LogP contribution in [0.5, 0.6) is 0 Å². The number of benzene rings is 2. The smallest absolute Gasteiger partial charge is 0.200 e. The van der Waals surface area contributed by atoms with Gasteiger partial charge in [0.1, 0.15) is 17.2 Å². The second kappa shape index (κ2) is 18.1. The second-order valence-electron chi connectivity index (χ2n) is 11.7. The molecule has 5 rings (SSSR count). The number of aliphatic imine (C=N–C) groups is 1. The molecule has 1 aromatic heterocycles. The van der Waals surface area contributed by atoms with Crippen LogP contribution in [-0.2, 0) is 9.53 Å². The highest BCUT2D eigenvalue weighted by Crippen LogP contribution is 2.33. The lowest BCUT2D eigenvalue weighted by Gasteiger charge is -2.27. The highest BCUT2D eigenvalue weighted by atomic mass is 19.1. The van der Waals surface area contributed by atoms with Crippen LogP contribution in [-0.4, -0.2) is 37.8 Å². The number of ketones is 1. The third-order valence-electron chi connectivity index (χ3n) is 8.21. The molecule has 0 unspecified atom stereocenters. The van der Waals surface area contributed by atoms with E-state index in [1.54, 1.807) is 43.3 Å². The topological polar surface area (TPSA) is 84.1 Å². The van der Waals surface area contributed by atoms with Gasteiger partial charge in [-0.25, -0.2) is 9.38 Å². The molecular weight excluding hydrogens is 593 g/mol. The van der Waals surface area contributed by atoms with E-state index in [0.717, 1.165) is 11.5 Å². The summed E-state index contributed by atoms with van der Waals surface area (Å²) in [6, 6.07) is 11.3. The van der Waals surface area contributed by atoms with Gasteiger partial charge in [-0.1, -0.05) is 71.2 Å². The average Bonchev–Trinajstić information content (AvgIpc) is 3.55. The van der Waals surface area contributed by atoms with Crippen molar-refractivity contribution >= 4 is 34.0 Å². The van der Waals surface area contributed by atoms with E-state index in [9.17, 15) is 9.59 Å². The molecule has 252 valence electrons. The predicted molar refractivity (Wildman–Crippen MR) is 194 cm³/mol. The van der Waals surface area contributed by atoms with Gasteiger partial charge in [0.2, 0.25) is 0 Å². The first-order valence-corrected chi connectivity index (χ1v) is 16.6. The molecule has 2 aromatic carbocycles. The van der Waals surface area contributed by atoms with Gasteiger partial charge in [-0.15, -0.1) is 0 Å². The molecule has 3 aromatic rings. The lowest BCUT2D eigenvalue weighted by atomic mass is 10.0. The van der Waals surface area contributed by atoms with Gasteiger partial charge in [0.15, 0.2) is 17.1 Å². The third-order valence-corrected chi connectivity index (χ3v) is 8.21. The Kier molecular flexibility index (Phi) is 14.3. The molecule has 7 nitrogen and oxygen atoms in total. The minimum absolute atomic E-state index is 0.0162. The fraction of sp³-hybridized carbons (Fsp3) is 0.410. The number of nitrogens with zero attached hydrogens (tertiary/aromatic N) is 2. The Morgan fingerprint density at radius 3 is 2.30 bits per heavy atom. The van der Waals surface area contributed by atoms with Crippen LogP contribution in [0.2, 0.25) is 0 Å². The zero-order valence-electron chi connectivity index (χ0n) is 29.0. The number of carbonyl (C=O) groups is 1. The molecule has 0 spiro atoms. The van der Waals surface area contributed by atoms with Crippen LogP contribution in [0.4, 0.5) is 16.0 Å². The second-order valence-corrected chi connectivity index (χ2v) is 11.7. The van der Waals surface area contributed by atoms with Gasteiger partial charge in [-0.05, 0) is 75.1 Å². The van der Waals surface area contributed by atoms with Crippen molar-refractivity contribution in [1.29, 1.82) is 0 Å². The fourth-order valence-electron chi connectivity index (χ4n) is 5.45. The maximum atomic E-state index is 15.4. The van der Waals surface area contributed by atoms with Crippen LogP contribution >= 0.6 is 0 Å². The molecule has 2 fully saturated rings. The summed E-state index contributed by atoms with van der Waals surface area (Å²) in [4.78, 5) is 30.9. The Hall–Kier alpha value is -4.30. The van der Waals surface area contributed by atoms with Gasteiger partial charge < -0.3 is 19.4 Å². The first kappa shape index (κ1) is 37.2. The average molecular weight is 644 g/mol. The molecule has 8 heteroatoms. The third kappa shape index (κ3) is 10.3. The Labute approximate surface area is 278 Å². The summed E-state index contributed by atoms with van der Waals surface area (Å²) >= 11 is 0. The molecule has 0 atom stereocenters. The van der Waals surface area contributed by atoms with Crippen molar-refractivity contribution in [3.05, 3.63) is 94.2 Å². The summed E-state index contributed by atoms with van der Waals surface area (Å²) in [6.45, 7) is 19.5. The number of anilines is 2. The lowest BCUT2D eigenvalue weighted by Crippen LogP contribution is -2.36. The first-order valence-electron chi connectivity index (χ1n) is 16.6. The van der Waals surface area contributed by atoms with Crippen molar-refractivity contribution in [1.82, 2.24) is 0 Å². The molecule has 1 N–H and O–H groups in total. The van der Waals surface area contributed by atoms with Gasteiger partial charge in [0.05, 0.1) is 18.6 Å². The molecule has 2 heterocycles. The Bertz CT molecular complexity index is 1690. The maximum absolute atomic E-state index is 15.4. The standard InChI is InChI=1S/C31H32FN3O4.C6H12.C2H6/c1-6-23(16-19(2)21(4)36)20(3)33-22(5)34-24-10-11-25(28(32)17-24)26-8-7-9-27-29(37)18-30(39-31(26)27)35-12-14-38-15-13-35;1-6-4-2-3-5-6;1-2/h6-11,16-18,34H,5,12-15H2,1-4H3;6H,2-5H2,1H3;1-2H3/b19-16+,23-6-,33-20-;;. The van der Waals surface area contributed by atoms with E-state index in [0.29, 0.717) is 77.1 Å². The van der Waals surface area contributed by atoms with Crippen LogP contribution in [0, 0.1) is 11.7 Å². The van der Waals surface area contributed by atoms with Crippen LogP contribution in [0.1, 0.15) is 74.1 Å². The Morgan fingerprint density at radius 1 is 1.04 bits per heavy atom. The van der Waals surface area contributed by atoms with Gasteiger partial charge in [0.25, 0.3) is 0 Å². The van der Waals surface area contributed by atoms with Crippen molar-refractivity contribution in [3.8, 4) is 11.1 Å². The minimum atomic E-state index is -0.491. The summed E-state index contributed by atoms with van der Waals surface area (Å²) < 4.78 is 27.0. The summed E-state index contributed by atoms with van der Waals surface area (Å²) in [5, 5.41) is 3.40. The van der Waals surface area contributed by atoms with Crippen molar-refractivity contribution < 1.29 is 18.3 Å². The number of para-hydroxylation sites is 1. The molecule has 0 amide bonds. The number of fused-ring (bicyclic) bond motifs is 1. The number of morpholine rings is 1. The number of ether oxygens (including phenoxy) is 1. The molecule has 1 saturated heterocycles. The molecule has 47 heavy (non-hydrogen) atoms. The van der Waals surface area contributed by atoms with Gasteiger partial charge >= 0.3 is 0 Å². The summed E-state index contributed by atoms with van der Waals surface area (Å²) in [5.41, 5.74) is 3.48. The quantitative estimate of drug-likeness (QED) is 0.150. The SMILES string of the molecule is C=C(\N=C(C)/C(=C\C)/C=C(\C)C(C)=O)Nc1ccc(-c2cccc3c(=O)cc(N4CCOCC4)oc23)c(F)c1.CC.CC1CCCC1. The van der Waals surface area contributed by atoms with Crippen molar-refractivity contribution in [2.24, 2.45) is 10.9 Å².